The molecule has 98 valence electrons. The highest BCUT2D eigenvalue weighted by atomic mass is 79.9. The Morgan fingerprint density at radius 3 is 2.72 bits per heavy atom. The lowest BCUT2D eigenvalue weighted by atomic mass is 9.89. The predicted octanol–water partition coefficient (Wildman–Crippen LogP) is 4.72. The number of anilines is 1. The average molecular weight is 313 g/mol. The van der Waals surface area contributed by atoms with Crippen LogP contribution in [0.3, 0.4) is 0 Å². The van der Waals surface area contributed by atoms with Crippen molar-refractivity contribution in [3.63, 3.8) is 0 Å². The van der Waals surface area contributed by atoms with E-state index in [9.17, 15) is 4.39 Å². The molecule has 0 atom stereocenters. The Balaban J connectivity index is 2.29. The van der Waals surface area contributed by atoms with Crippen LogP contribution in [-0.4, -0.2) is 6.54 Å². The number of hydrogen-bond donors (Lipinski definition) is 1. The molecule has 1 aromatic rings. The molecule has 4 heteroatoms. The molecule has 1 rings (SSSR count). The Morgan fingerprint density at radius 1 is 1.39 bits per heavy atom. The fourth-order valence-corrected chi connectivity index (χ4v) is 2.09. The van der Waals surface area contributed by atoms with Crippen molar-refractivity contribution in [1.82, 2.24) is 0 Å². The van der Waals surface area contributed by atoms with Crippen molar-refractivity contribution in [1.29, 1.82) is 5.26 Å². The van der Waals surface area contributed by atoms with Crippen LogP contribution in [0.15, 0.2) is 22.7 Å². The first-order valence-corrected chi connectivity index (χ1v) is 6.84. The van der Waals surface area contributed by atoms with E-state index >= 15 is 0 Å². The molecule has 0 aliphatic rings. The fraction of sp³-hybridized carbons (Fsp3) is 0.500. The summed E-state index contributed by atoms with van der Waals surface area (Å²) < 4.78 is 13.6. The molecule has 0 amide bonds. The van der Waals surface area contributed by atoms with E-state index in [0.717, 1.165) is 36.0 Å². The van der Waals surface area contributed by atoms with Gasteiger partial charge in [0.2, 0.25) is 0 Å². The highest BCUT2D eigenvalue weighted by Crippen LogP contribution is 2.24. The Kier molecular flexibility index (Phi) is 5.61. The Morgan fingerprint density at radius 2 is 2.11 bits per heavy atom. The number of nitriles is 1. The first-order valence-electron chi connectivity index (χ1n) is 6.05. The minimum Gasteiger partial charge on any atom is -0.384 e. The second-order valence-electron chi connectivity index (χ2n) is 5.00. The van der Waals surface area contributed by atoms with Gasteiger partial charge in [-0.05, 0) is 60.8 Å². The molecule has 0 radical (unpaired) electrons. The molecule has 0 saturated heterocycles. The minimum atomic E-state index is -0.247. The summed E-state index contributed by atoms with van der Waals surface area (Å²) in [7, 11) is 0. The SMILES string of the molecule is CC(C)(C#N)CCCCNc1ccc(F)cc1Br. The van der Waals surface area contributed by atoms with E-state index in [0.29, 0.717) is 0 Å². The monoisotopic (exact) mass is 312 g/mol. The van der Waals surface area contributed by atoms with Crippen LogP contribution in [0.5, 0.6) is 0 Å². The summed E-state index contributed by atoms with van der Waals surface area (Å²) >= 11 is 3.31. The highest BCUT2D eigenvalue weighted by Gasteiger charge is 2.15. The van der Waals surface area contributed by atoms with Crippen molar-refractivity contribution >= 4 is 21.6 Å². The second-order valence-corrected chi connectivity index (χ2v) is 5.86. The molecule has 0 spiro atoms. The van der Waals surface area contributed by atoms with Crippen LogP contribution in [0.2, 0.25) is 0 Å². The highest BCUT2D eigenvalue weighted by molar-refractivity contribution is 9.10. The van der Waals surface area contributed by atoms with E-state index < -0.39 is 0 Å². The number of halogens is 2. The summed E-state index contributed by atoms with van der Waals surface area (Å²) in [6.45, 7) is 4.74. The molecule has 0 unspecified atom stereocenters. The van der Waals surface area contributed by atoms with Gasteiger partial charge in [-0.15, -0.1) is 0 Å². The number of nitrogens with one attached hydrogen (secondary N) is 1. The maximum atomic E-state index is 12.9. The molecular weight excluding hydrogens is 295 g/mol. The number of benzene rings is 1. The molecule has 0 aromatic heterocycles. The first kappa shape index (κ1) is 15.0. The zero-order valence-electron chi connectivity index (χ0n) is 10.8. The van der Waals surface area contributed by atoms with Gasteiger partial charge in [0.15, 0.2) is 0 Å². The standard InChI is InChI=1S/C14H18BrFN2/c1-14(2,10-17)7-3-4-8-18-13-6-5-11(16)9-12(13)15/h5-6,9,18H,3-4,7-8H2,1-2H3. The van der Waals surface area contributed by atoms with Crippen LogP contribution < -0.4 is 5.32 Å². The third-order valence-corrected chi connectivity index (χ3v) is 3.43. The van der Waals surface area contributed by atoms with Crippen LogP contribution in [0, 0.1) is 22.6 Å². The number of unbranched alkanes of at least 4 members (excludes halogenated alkanes) is 1. The average Bonchev–Trinajstić information content (AvgIpc) is 2.31. The summed E-state index contributed by atoms with van der Waals surface area (Å²) in [5.41, 5.74) is 0.659. The van der Waals surface area contributed by atoms with Crippen molar-refractivity contribution in [2.45, 2.75) is 33.1 Å². The maximum absolute atomic E-state index is 12.9. The van der Waals surface area contributed by atoms with Crippen LogP contribution in [0.4, 0.5) is 10.1 Å². The summed E-state index contributed by atoms with van der Waals surface area (Å²) in [6.07, 6.45) is 2.90. The summed E-state index contributed by atoms with van der Waals surface area (Å²) in [6, 6.07) is 6.90. The van der Waals surface area contributed by atoms with Crippen LogP contribution in [0.1, 0.15) is 33.1 Å². The van der Waals surface area contributed by atoms with Crippen molar-refractivity contribution in [2.75, 3.05) is 11.9 Å². The number of rotatable bonds is 6. The first-order chi connectivity index (χ1) is 8.44. The van der Waals surface area contributed by atoms with Gasteiger partial charge in [0, 0.05) is 16.7 Å². The van der Waals surface area contributed by atoms with Gasteiger partial charge in [-0.2, -0.15) is 5.26 Å². The van der Waals surface area contributed by atoms with Gasteiger partial charge < -0.3 is 5.32 Å². The minimum absolute atomic E-state index is 0.240. The molecule has 0 fully saturated rings. The van der Waals surface area contributed by atoms with Gasteiger partial charge >= 0.3 is 0 Å². The largest absolute Gasteiger partial charge is 0.384 e. The summed E-state index contributed by atoms with van der Waals surface area (Å²) in [5.74, 6) is -0.247. The van der Waals surface area contributed by atoms with E-state index in [1.807, 2.05) is 13.8 Å². The van der Waals surface area contributed by atoms with Crippen molar-refractivity contribution in [3.8, 4) is 6.07 Å². The Bertz CT molecular complexity index is 438. The second kappa shape index (κ2) is 6.75. The fourth-order valence-electron chi connectivity index (χ4n) is 1.60. The smallest absolute Gasteiger partial charge is 0.124 e. The molecule has 0 aliphatic heterocycles. The van der Waals surface area contributed by atoms with Gasteiger partial charge in [0.25, 0.3) is 0 Å². The van der Waals surface area contributed by atoms with Gasteiger partial charge in [-0.25, -0.2) is 4.39 Å². The van der Waals surface area contributed by atoms with E-state index in [-0.39, 0.29) is 11.2 Å². The third-order valence-electron chi connectivity index (χ3n) is 2.78. The molecule has 0 saturated carbocycles. The predicted molar refractivity (Wildman–Crippen MR) is 75.8 cm³/mol. The molecule has 18 heavy (non-hydrogen) atoms. The zero-order chi connectivity index (χ0) is 13.6. The van der Waals surface area contributed by atoms with Crippen LogP contribution in [-0.2, 0) is 0 Å². The van der Waals surface area contributed by atoms with Crippen molar-refractivity contribution in [3.05, 3.63) is 28.5 Å². The molecule has 2 nitrogen and oxygen atoms in total. The Labute approximate surface area is 116 Å². The normalized spacial score (nSPS) is 11.1. The van der Waals surface area contributed by atoms with Gasteiger partial charge in [-0.3, -0.25) is 0 Å². The maximum Gasteiger partial charge on any atom is 0.124 e. The summed E-state index contributed by atoms with van der Waals surface area (Å²) in [5, 5.41) is 12.1. The van der Waals surface area contributed by atoms with E-state index in [1.165, 1.54) is 12.1 Å². The lowest BCUT2D eigenvalue weighted by Crippen LogP contribution is -2.09. The molecule has 1 aromatic carbocycles. The lowest BCUT2D eigenvalue weighted by molar-refractivity contribution is 0.430. The third kappa shape index (κ3) is 5.05. The zero-order valence-corrected chi connectivity index (χ0v) is 12.3. The Hall–Kier alpha value is -1.08. The quantitative estimate of drug-likeness (QED) is 0.771. The van der Waals surface area contributed by atoms with E-state index in [2.05, 4.69) is 27.3 Å². The van der Waals surface area contributed by atoms with Gasteiger partial charge in [0.1, 0.15) is 5.82 Å². The molecule has 1 N–H and O–H groups in total. The van der Waals surface area contributed by atoms with Crippen molar-refractivity contribution in [2.24, 2.45) is 5.41 Å². The summed E-state index contributed by atoms with van der Waals surface area (Å²) in [4.78, 5) is 0. The lowest BCUT2D eigenvalue weighted by Gasteiger charge is -2.14. The van der Waals surface area contributed by atoms with Gasteiger partial charge in [-0.1, -0.05) is 6.42 Å². The topological polar surface area (TPSA) is 35.8 Å². The van der Waals surface area contributed by atoms with E-state index in [4.69, 9.17) is 5.26 Å². The number of nitrogens with zero attached hydrogens (tertiary/aromatic N) is 1. The van der Waals surface area contributed by atoms with Gasteiger partial charge in [0.05, 0.1) is 11.5 Å². The number of hydrogen-bond acceptors (Lipinski definition) is 2. The van der Waals surface area contributed by atoms with Crippen LogP contribution in [0.25, 0.3) is 0 Å². The molecular formula is C14H18BrFN2. The molecule has 0 bridgehead atoms. The van der Waals surface area contributed by atoms with Crippen molar-refractivity contribution < 1.29 is 4.39 Å². The molecule has 0 aliphatic carbocycles. The molecule has 0 heterocycles. The van der Waals surface area contributed by atoms with E-state index in [1.54, 1.807) is 6.07 Å². The van der Waals surface area contributed by atoms with Crippen LogP contribution >= 0.6 is 15.9 Å².